The van der Waals surface area contributed by atoms with Gasteiger partial charge in [0.15, 0.2) is 0 Å². The molecule has 0 amide bonds. The van der Waals surface area contributed by atoms with Gasteiger partial charge in [0, 0.05) is 42.1 Å². The van der Waals surface area contributed by atoms with E-state index in [0.717, 1.165) is 35.3 Å². The zero-order valence-electron chi connectivity index (χ0n) is 18.3. The average Bonchev–Trinajstić information content (AvgIpc) is 3.24. The van der Waals surface area contributed by atoms with Crippen LogP contribution in [0.5, 0.6) is 5.88 Å². The molecule has 0 aliphatic carbocycles. The van der Waals surface area contributed by atoms with Crippen LogP contribution in [0, 0.1) is 11.3 Å². The molecular weight excluding hydrogens is 424 g/mol. The normalized spacial score (nSPS) is 14.1. The van der Waals surface area contributed by atoms with E-state index in [-0.39, 0.29) is 6.10 Å². The molecule has 2 aromatic heterocycles. The van der Waals surface area contributed by atoms with Crippen molar-refractivity contribution < 1.29 is 4.74 Å². The second-order valence-electron chi connectivity index (χ2n) is 7.38. The Morgan fingerprint density at radius 3 is 2.88 bits per heavy atom. The van der Waals surface area contributed by atoms with E-state index in [9.17, 15) is 0 Å². The van der Waals surface area contributed by atoms with Crippen LogP contribution >= 0.6 is 11.6 Å². The van der Waals surface area contributed by atoms with Crippen LogP contribution < -0.4 is 15.4 Å². The number of benzene rings is 1. The van der Waals surface area contributed by atoms with Gasteiger partial charge in [0.1, 0.15) is 6.10 Å². The molecule has 0 radical (unpaired) electrons. The lowest BCUT2D eigenvalue weighted by Gasteiger charge is -2.27. The molecule has 0 bridgehead atoms. The molecule has 1 unspecified atom stereocenters. The number of aryl methyl sites for hydroxylation is 1. The number of aromatic nitrogens is 3. The molecule has 8 heteroatoms. The van der Waals surface area contributed by atoms with Crippen molar-refractivity contribution in [3.05, 3.63) is 71.7 Å². The largest absolute Gasteiger partial charge is 0.470 e. The van der Waals surface area contributed by atoms with Crippen molar-refractivity contribution in [2.45, 2.75) is 19.4 Å². The topological polar surface area (TPSA) is 87.8 Å². The maximum atomic E-state index is 8.91. The van der Waals surface area contributed by atoms with Crippen molar-refractivity contribution in [1.29, 1.82) is 5.26 Å². The maximum Gasteiger partial charge on any atom is 0.237 e. The van der Waals surface area contributed by atoms with Crippen LogP contribution in [0.15, 0.2) is 55.5 Å². The van der Waals surface area contributed by atoms with E-state index in [2.05, 4.69) is 33.4 Å². The van der Waals surface area contributed by atoms with Gasteiger partial charge in [-0.1, -0.05) is 23.7 Å². The van der Waals surface area contributed by atoms with Gasteiger partial charge < -0.3 is 15.4 Å². The third-order valence-electron chi connectivity index (χ3n) is 4.81. The summed E-state index contributed by atoms with van der Waals surface area (Å²) in [5.41, 5.74) is 4.52. The van der Waals surface area contributed by atoms with Gasteiger partial charge in [0.25, 0.3) is 0 Å². The Kier molecular flexibility index (Phi) is 8.26. The van der Waals surface area contributed by atoms with Crippen molar-refractivity contribution >= 4 is 17.3 Å². The second kappa shape index (κ2) is 11.3. The van der Waals surface area contributed by atoms with Gasteiger partial charge in [-0.2, -0.15) is 10.4 Å². The summed E-state index contributed by atoms with van der Waals surface area (Å²) < 4.78 is 7.78. The standard InChI is InChI=1S/C21H21ClN6O.C3H6/c1-28-13-17(10-27-28)16-7-20-21(26-9-16)29-18(12-25-20)11-24-5-4-15-3-2-14(8-23)6-19(15)22;1-3-2/h2-3,6-7,9-10,13,18,24-25H,4-5,11-12H2,1H3;3H,1H2,2H3. The van der Waals surface area contributed by atoms with E-state index in [1.165, 1.54) is 0 Å². The molecule has 3 heterocycles. The van der Waals surface area contributed by atoms with Crippen LogP contribution in [-0.2, 0) is 13.5 Å². The molecule has 32 heavy (non-hydrogen) atoms. The van der Waals surface area contributed by atoms with Crippen molar-refractivity contribution in [3.63, 3.8) is 0 Å². The summed E-state index contributed by atoms with van der Waals surface area (Å²) >= 11 is 6.22. The number of nitrogens with zero attached hydrogens (tertiary/aromatic N) is 4. The monoisotopic (exact) mass is 450 g/mol. The fourth-order valence-corrected chi connectivity index (χ4v) is 3.52. The second-order valence-corrected chi connectivity index (χ2v) is 7.79. The smallest absolute Gasteiger partial charge is 0.237 e. The van der Waals surface area contributed by atoms with E-state index in [4.69, 9.17) is 21.6 Å². The Hall–Kier alpha value is -3.34. The summed E-state index contributed by atoms with van der Waals surface area (Å²) in [6.45, 7) is 7.42. The van der Waals surface area contributed by atoms with Crippen LogP contribution in [0.2, 0.25) is 5.02 Å². The first-order chi connectivity index (χ1) is 15.5. The molecule has 1 aliphatic heterocycles. The molecule has 1 atom stereocenters. The van der Waals surface area contributed by atoms with Gasteiger partial charge in [-0.3, -0.25) is 4.68 Å². The highest BCUT2D eigenvalue weighted by molar-refractivity contribution is 6.31. The zero-order chi connectivity index (χ0) is 22.9. The first-order valence-electron chi connectivity index (χ1n) is 10.4. The van der Waals surface area contributed by atoms with E-state index < -0.39 is 0 Å². The molecule has 0 spiro atoms. The summed E-state index contributed by atoms with van der Waals surface area (Å²) in [4.78, 5) is 4.47. The molecule has 166 valence electrons. The van der Waals surface area contributed by atoms with Crippen molar-refractivity contribution in [1.82, 2.24) is 20.1 Å². The Balaban J connectivity index is 0.000000913. The Bertz CT molecular complexity index is 1100. The zero-order valence-corrected chi connectivity index (χ0v) is 19.1. The lowest BCUT2D eigenvalue weighted by molar-refractivity contribution is 0.194. The van der Waals surface area contributed by atoms with Gasteiger partial charge in [-0.05, 0) is 43.7 Å². The van der Waals surface area contributed by atoms with Gasteiger partial charge in [-0.15, -0.1) is 6.58 Å². The lowest BCUT2D eigenvalue weighted by Crippen LogP contribution is -2.40. The quantitative estimate of drug-likeness (QED) is 0.432. The van der Waals surface area contributed by atoms with Crippen LogP contribution in [0.25, 0.3) is 11.1 Å². The number of allylic oxidation sites excluding steroid dienone is 1. The van der Waals surface area contributed by atoms with Crippen molar-refractivity contribution in [3.8, 4) is 23.1 Å². The number of hydrogen-bond donors (Lipinski definition) is 2. The fourth-order valence-electron chi connectivity index (χ4n) is 3.24. The molecule has 0 saturated carbocycles. The SMILES string of the molecule is C=CC.Cn1cc(-c2cnc3c(c2)NCC(CNCCc2ccc(C#N)cc2Cl)O3)cn1. The first kappa shape index (κ1) is 23.3. The van der Waals surface area contributed by atoms with E-state index in [0.29, 0.717) is 29.6 Å². The van der Waals surface area contributed by atoms with Crippen LogP contribution in [0.3, 0.4) is 0 Å². The minimum absolute atomic E-state index is 0.00400. The summed E-state index contributed by atoms with van der Waals surface area (Å²) in [6, 6.07) is 9.53. The van der Waals surface area contributed by atoms with Crippen LogP contribution in [-0.4, -0.2) is 40.5 Å². The minimum atomic E-state index is -0.00400. The number of halogens is 1. The predicted molar refractivity (Wildman–Crippen MR) is 128 cm³/mol. The highest BCUT2D eigenvalue weighted by atomic mass is 35.5. The third-order valence-corrected chi connectivity index (χ3v) is 5.16. The van der Waals surface area contributed by atoms with Gasteiger partial charge >= 0.3 is 0 Å². The highest BCUT2D eigenvalue weighted by Crippen LogP contribution is 2.31. The lowest BCUT2D eigenvalue weighted by atomic mass is 10.1. The van der Waals surface area contributed by atoms with Crippen LogP contribution in [0.1, 0.15) is 18.1 Å². The number of pyridine rings is 1. The minimum Gasteiger partial charge on any atom is -0.470 e. The van der Waals surface area contributed by atoms with E-state index in [1.54, 1.807) is 29.1 Å². The van der Waals surface area contributed by atoms with Gasteiger partial charge in [0.2, 0.25) is 5.88 Å². The summed E-state index contributed by atoms with van der Waals surface area (Å²) in [5.74, 6) is 0.617. The molecule has 1 aromatic carbocycles. The molecule has 4 rings (SSSR count). The molecule has 0 saturated heterocycles. The molecular formula is C24H27ClN6O. The predicted octanol–water partition coefficient (Wildman–Crippen LogP) is 4.20. The number of fused-ring (bicyclic) bond motifs is 1. The fraction of sp³-hybridized carbons (Fsp3) is 0.292. The van der Waals surface area contributed by atoms with Crippen molar-refractivity contribution in [2.24, 2.45) is 7.05 Å². The third kappa shape index (κ3) is 6.10. The molecule has 1 aliphatic rings. The number of anilines is 1. The highest BCUT2D eigenvalue weighted by Gasteiger charge is 2.21. The van der Waals surface area contributed by atoms with Crippen molar-refractivity contribution in [2.75, 3.05) is 25.0 Å². The molecule has 3 aromatic rings. The molecule has 2 N–H and O–H groups in total. The van der Waals surface area contributed by atoms with Gasteiger partial charge in [0.05, 0.1) is 30.1 Å². The number of ether oxygens (including phenoxy) is 1. The number of hydrogen-bond acceptors (Lipinski definition) is 6. The Labute approximate surface area is 193 Å². The Morgan fingerprint density at radius 2 is 2.19 bits per heavy atom. The maximum absolute atomic E-state index is 8.91. The average molecular weight is 451 g/mol. The van der Waals surface area contributed by atoms with Crippen LogP contribution in [0.4, 0.5) is 5.69 Å². The van der Waals surface area contributed by atoms with E-state index in [1.807, 2.05) is 38.5 Å². The number of nitrogens with one attached hydrogen (secondary N) is 2. The number of rotatable bonds is 6. The summed E-state index contributed by atoms with van der Waals surface area (Å²) in [6.07, 6.45) is 8.12. The van der Waals surface area contributed by atoms with E-state index >= 15 is 0 Å². The molecule has 0 fully saturated rings. The summed E-state index contributed by atoms with van der Waals surface area (Å²) in [7, 11) is 1.89. The molecule has 7 nitrogen and oxygen atoms in total. The number of nitriles is 1. The summed E-state index contributed by atoms with van der Waals surface area (Å²) in [5, 5.41) is 20.5. The van der Waals surface area contributed by atoms with Gasteiger partial charge in [-0.25, -0.2) is 4.98 Å². The Morgan fingerprint density at radius 1 is 1.38 bits per heavy atom. The first-order valence-corrected chi connectivity index (χ1v) is 10.8.